The third-order valence-corrected chi connectivity index (χ3v) is 4.89. The molecule has 6 rings (SSSR count). The molecule has 0 amide bonds. The van der Waals surface area contributed by atoms with Gasteiger partial charge in [-0.15, -0.1) is 0 Å². The molecule has 3 aliphatic rings. The van der Waals surface area contributed by atoms with Crippen LogP contribution in [0.3, 0.4) is 0 Å². The lowest BCUT2D eigenvalue weighted by atomic mass is 9.91. The average Bonchev–Trinajstić information content (AvgIpc) is 2.60. The number of rotatable bonds is 1. The molecule has 0 aliphatic carbocycles. The molecule has 0 N–H and O–H groups in total. The first-order valence-electron chi connectivity index (χ1n) is 8.01. The Kier molecular flexibility index (Phi) is 2.66. The van der Waals surface area contributed by atoms with E-state index in [1.165, 1.54) is 21.5 Å². The van der Waals surface area contributed by atoms with E-state index in [0.29, 0.717) is 19.8 Å². The van der Waals surface area contributed by atoms with Crippen molar-refractivity contribution in [1.29, 1.82) is 0 Å². The van der Waals surface area contributed by atoms with Crippen LogP contribution in [0.5, 0.6) is 0 Å². The fourth-order valence-electron chi connectivity index (χ4n) is 3.44. The number of ether oxygens (including phenoxy) is 3. The molecule has 3 aromatic rings. The van der Waals surface area contributed by atoms with Gasteiger partial charge in [-0.05, 0) is 39.7 Å². The van der Waals surface area contributed by atoms with E-state index in [1.807, 2.05) is 6.07 Å². The molecule has 0 radical (unpaired) electrons. The van der Waals surface area contributed by atoms with Gasteiger partial charge in [0.25, 0.3) is 0 Å². The molecule has 3 aromatic carbocycles. The van der Waals surface area contributed by atoms with Crippen LogP contribution in [0.2, 0.25) is 0 Å². The Bertz CT molecular complexity index is 891. The van der Waals surface area contributed by atoms with Crippen LogP contribution in [0.15, 0.2) is 54.6 Å². The first kappa shape index (κ1) is 13.5. The van der Waals surface area contributed by atoms with E-state index in [0.717, 1.165) is 5.56 Å². The lowest BCUT2D eigenvalue weighted by molar-refractivity contribution is -0.477. The van der Waals surface area contributed by atoms with Gasteiger partial charge in [0.1, 0.15) is 0 Å². The van der Waals surface area contributed by atoms with Gasteiger partial charge in [0.2, 0.25) is 0 Å². The van der Waals surface area contributed by atoms with Gasteiger partial charge in [0.15, 0.2) is 0 Å². The fourth-order valence-corrected chi connectivity index (χ4v) is 3.44. The maximum Gasteiger partial charge on any atom is 0.312 e. The van der Waals surface area contributed by atoms with Crippen LogP contribution in [0.25, 0.3) is 21.5 Å². The maximum absolute atomic E-state index is 5.95. The van der Waals surface area contributed by atoms with Crippen LogP contribution >= 0.6 is 0 Å². The van der Waals surface area contributed by atoms with E-state index in [4.69, 9.17) is 14.2 Å². The van der Waals surface area contributed by atoms with Crippen molar-refractivity contribution in [3.8, 4) is 0 Å². The number of fused-ring (bicyclic) bond motifs is 5. The van der Waals surface area contributed by atoms with E-state index >= 15 is 0 Å². The van der Waals surface area contributed by atoms with E-state index in [9.17, 15) is 0 Å². The molecule has 3 nitrogen and oxygen atoms in total. The molecule has 3 aliphatic heterocycles. The Balaban J connectivity index is 1.64. The van der Waals surface area contributed by atoms with Crippen molar-refractivity contribution in [2.24, 2.45) is 5.41 Å². The van der Waals surface area contributed by atoms with Crippen LogP contribution < -0.4 is 0 Å². The lowest BCUT2D eigenvalue weighted by Gasteiger charge is -2.50. The second kappa shape index (κ2) is 4.54. The van der Waals surface area contributed by atoms with Crippen LogP contribution in [-0.4, -0.2) is 19.8 Å². The third-order valence-electron chi connectivity index (χ3n) is 4.89. The molecule has 0 unspecified atom stereocenters. The normalized spacial score (nSPS) is 30.1. The Labute approximate surface area is 134 Å². The van der Waals surface area contributed by atoms with Gasteiger partial charge in [0, 0.05) is 11.0 Å². The molecule has 23 heavy (non-hydrogen) atoms. The summed E-state index contributed by atoms with van der Waals surface area (Å²) in [5.41, 5.74) is 0.913. The Hall–Kier alpha value is -1.94. The second-order valence-electron chi connectivity index (χ2n) is 6.99. The molecule has 0 spiro atoms. The SMILES string of the molecule is CC12COC(c3ccc4cc5ccccc5cc4c3)(OC1)OC2. The minimum Gasteiger partial charge on any atom is -0.323 e. The van der Waals surface area contributed by atoms with Crippen molar-refractivity contribution in [2.45, 2.75) is 12.9 Å². The zero-order valence-electron chi connectivity index (χ0n) is 13.0. The van der Waals surface area contributed by atoms with Crippen LogP contribution in [-0.2, 0) is 20.2 Å². The molecular formula is C20H18O3. The summed E-state index contributed by atoms with van der Waals surface area (Å²) in [6, 6.07) is 19.1. The Morgan fingerprint density at radius 2 is 1.26 bits per heavy atom. The average molecular weight is 306 g/mol. The standard InChI is InChI=1S/C20H18O3/c1-19-11-21-20(22-12-19,23-13-19)18-7-6-16-8-14-4-2-3-5-15(14)9-17(16)10-18/h2-10H,11-13H2,1H3. The second-order valence-corrected chi connectivity index (χ2v) is 6.99. The highest BCUT2D eigenvalue weighted by Gasteiger charge is 2.51. The third kappa shape index (κ3) is 2.01. The van der Waals surface area contributed by atoms with Gasteiger partial charge in [-0.25, -0.2) is 0 Å². The largest absolute Gasteiger partial charge is 0.323 e. The van der Waals surface area contributed by atoms with Crippen LogP contribution in [0.1, 0.15) is 12.5 Å². The number of benzene rings is 3. The molecule has 3 saturated heterocycles. The van der Waals surface area contributed by atoms with Crippen molar-refractivity contribution >= 4 is 21.5 Å². The summed E-state index contributed by atoms with van der Waals surface area (Å²) < 4.78 is 17.8. The Morgan fingerprint density at radius 1 is 0.696 bits per heavy atom. The summed E-state index contributed by atoms with van der Waals surface area (Å²) >= 11 is 0. The first-order valence-corrected chi connectivity index (χ1v) is 8.01. The van der Waals surface area contributed by atoms with Crippen molar-refractivity contribution in [3.63, 3.8) is 0 Å². The summed E-state index contributed by atoms with van der Waals surface area (Å²) in [6.07, 6.45) is 0. The van der Waals surface area contributed by atoms with Crippen molar-refractivity contribution in [2.75, 3.05) is 19.8 Å². The molecule has 0 aromatic heterocycles. The van der Waals surface area contributed by atoms with E-state index < -0.39 is 5.97 Å². The fraction of sp³-hybridized carbons (Fsp3) is 0.300. The van der Waals surface area contributed by atoms with E-state index in [2.05, 4.69) is 55.5 Å². The summed E-state index contributed by atoms with van der Waals surface area (Å²) in [4.78, 5) is 0. The summed E-state index contributed by atoms with van der Waals surface area (Å²) in [5, 5.41) is 4.86. The van der Waals surface area contributed by atoms with Gasteiger partial charge >= 0.3 is 5.97 Å². The van der Waals surface area contributed by atoms with Gasteiger partial charge < -0.3 is 14.2 Å². The first-order chi connectivity index (χ1) is 11.2. The van der Waals surface area contributed by atoms with Gasteiger partial charge in [-0.2, -0.15) is 0 Å². The zero-order valence-corrected chi connectivity index (χ0v) is 13.0. The highest BCUT2D eigenvalue weighted by molar-refractivity contribution is 5.98. The van der Waals surface area contributed by atoms with Crippen molar-refractivity contribution in [1.82, 2.24) is 0 Å². The summed E-state index contributed by atoms with van der Waals surface area (Å²) in [5.74, 6) is -1.03. The van der Waals surface area contributed by atoms with E-state index in [-0.39, 0.29) is 5.41 Å². The molecule has 3 heteroatoms. The number of hydrogen-bond donors (Lipinski definition) is 0. The highest BCUT2D eigenvalue weighted by Crippen LogP contribution is 2.44. The van der Waals surface area contributed by atoms with Crippen molar-refractivity contribution in [3.05, 3.63) is 60.2 Å². The molecule has 0 atom stereocenters. The lowest BCUT2D eigenvalue weighted by Crippen LogP contribution is -2.57. The monoisotopic (exact) mass is 306 g/mol. The van der Waals surface area contributed by atoms with Gasteiger partial charge in [-0.1, -0.05) is 43.3 Å². The zero-order chi connectivity index (χ0) is 15.5. The minimum absolute atomic E-state index is 0.0190. The molecular weight excluding hydrogens is 288 g/mol. The highest BCUT2D eigenvalue weighted by atomic mass is 16.9. The van der Waals surface area contributed by atoms with Crippen molar-refractivity contribution < 1.29 is 14.2 Å². The molecule has 2 bridgehead atoms. The molecule has 116 valence electrons. The minimum atomic E-state index is -1.03. The predicted molar refractivity (Wildman–Crippen MR) is 89.1 cm³/mol. The predicted octanol–water partition coefficient (Wildman–Crippen LogP) is 4.19. The number of hydrogen-bond acceptors (Lipinski definition) is 3. The maximum atomic E-state index is 5.95. The molecule has 3 fully saturated rings. The smallest absolute Gasteiger partial charge is 0.312 e. The van der Waals surface area contributed by atoms with Gasteiger partial charge in [-0.3, -0.25) is 0 Å². The molecule has 0 saturated carbocycles. The quantitative estimate of drug-likeness (QED) is 0.631. The van der Waals surface area contributed by atoms with E-state index in [1.54, 1.807) is 0 Å². The topological polar surface area (TPSA) is 27.7 Å². The van der Waals surface area contributed by atoms with Crippen LogP contribution in [0, 0.1) is 5.41 Å². The van der Waals surface area contributed by atoms with Gasteiger partial charge in [0.05, 0.1) is 19.8 Å². The summed E-state index contributed by atoms with van der Waals surface area (Å²) in [7, 11) is 0. The Morgan fingerprint density at radius 3 is 1.91 bits per heavy atom. The van der Waals surface area contributed by atoms with Crippen LogP contribution in [0.4, 0.5) is 0 Å². The summed E-state index contributed by atoms with van der Waals surface area (Å²) in [6.45, 7) is 4.14. The molecule has 3 heterocycles.